The number of ether oxygens (including phenoxy) is 9. The van der Waals surface area contributed by atoms with Gasteiger partial charge in [-0.25, -0.2) is 33.6 Å². The summed E-state index contributed by atoms with van der Waals surface area (Å²) < 4.78 is 55.4. The first-order valence-corrected chi connectivity index (χ1v) is 56.6. The van der Waals surface area contributed by atoms with Crippen LogP contribution in [0.4, 0.5) is 0 Å². The number of fused-ring (bicyclic) bond motifs is 2. The van der Waals surface area contributed by atoms with E-state index in [0.29, 0.717) is 76.2 Å². The molecule has 27 nitrogen and oxygen atoms in total. The number of likely N-dealkylation sites (N-methyl/N-ethyl adjacent to an activating group) is 9. The first kappa shape index (κ1) is 148. The first-order valence-electron chi connectivity index (χ1n) is 56.6. The van der Waals surface area contributed by atoms with Crippen LogP contribution in [0.25, 0.3) is 12.2 Å². The van der Waals surface area contributed by atoms with Crippen molar-refractivity contribution in [2.75, 3.05) is 298 Å². The van der Waals surface area contributed by atoms with E-state index in [9.17, 15) is 43.2 Å². The van der Waals surface area contributed by atoms with Gasteiger partial charge >= 0.3 is 53.7 Å². The predicted molar refractivity (Wildman–Crippen MR) is 619 cm³/mol. The topological polar surface area (TPSA) is 237 Å². The maximum Gasteiger partial charge on any atom is 0.333 e. The Morgan fingerprint density at radius 1 is 0.248 bits per heavy atom. The van der Waals surface area contributed by atoms with Gasteiger partial charge < -0.3 is 83.0 Å². The molecule has 856 valence electrons. The minimum absolute atomic E-state index is 0.114. The summed E-state index contributed by atoms with van der Waals surface area (Å²) in [5.74, 6) is -2.85. The van der Waals surface area contributed by atoms with Gasteiger partial charge in [0.25, 0.3) is 0 Å². The quantitative estimate of drug-likeness (QED) is 0.0259. The Morgan fingerprint density at radius 3 is 0.631 bits per heavy atom. The number of hydrogen-bond donors (Lipinski definition) is 0. The number of hydrogen-bond acceptors (Lipinski definition) is 18. The number of carbonyl (C=O) groups excluding carboxylic acids is 9. The van der Waals surface area contributed by atoms with Gasteiger partial charge in [-0.3, -0.25) is 9.59 Å². The van der Waals surface area contributed by atoms with Crippen LogP contribution in [0.2, 0.25) is 0 Å². The third kappa shape index (κ3) is 67.2. The van der Waals surface area contributed by atoms with Crippen LogP contribution in [0.5, 0.6) is 0 Å². The van der Waals surface area contributed by atoms with Crippen molar-refractivity contribution in [3.05, 3.63) is 170 Å². The molecule has 27 heteroatoms. The highest BCUT2D eigenvalue weighted by molar-refractivity contribution is 5.89. The lowest BCUT2D eigenvalue weighted by Crippen LogP contribution is -2.51. The van der Waals surface area contributed by atoms with Gasteiger partial charge in [-0.2, -0.15) is 0 Å². The second-order valence-electron chi connectivity index (χ2n) is 41.4. The molecule has 0 saturated heterocycles. The second kappa shape index (κ2) is 86.4. The monoisotopic (exact) mass is 2100 g/mol. The molecule has 0 N–H and O–H groups in total. The molecule has 4 unspecified atom stereocenters. The normalized spacial score (nSPS) is 13.4. The summed E-state index contributed by atoms with van der Waals surface area (Å²) in [6, 6.07) is 16.1. The Hall–Kier alpha value is -9.03. The molecular formula is C122H224N9O18+9. The van der Waals surface area contributed by atoms with E-state index in [1.165, 1.54) is 128 Å². The van der Waals surface area contributed by atoms with E-state index in [2.05, 4.69) is 213 Å². The van der Waals surface area contributed by atoms with Gasteiger partial charge in [0.15, 0.2) is 0 Å². The van der Waals surface area contributed by atoms with Crippen LogP contribution in [0, 0.1) is 0 Å². The molecule has 0 heterocycles. The predicted octanol–water partition coefficient (Wildman–Crippen LogP) is 21.1. The fraction of sp³-hybridized carbons (Fsp3) is 0.680. The average molecular weight is 2110 g/mol. The molecule has 2 aromatic rings. The van der Waals surface area contributed by atoms with Crippen LogP contribution >= 0.6 is 0 Å². The smallest absolute Gasteiger partial charge is 0.333 e. The number of esters is 9. The lowest BCUT2D eigenvalue weighted by molar-refractivity contribution is -0.927. The fourth-order valence-electron chi connectivity index (χ4n) is 18.0. The largest absolute Gasteiger partial charge is 0.459 e. The van der Waals surface area contributed by atoms with Gasteiger partial charge in [0.2, 0.25) is 0 Å². The van der Waals surface area contributed by atoms with Gasteiger partial charge in [0, 0.05) is 41.0 Å². The summed E-state index contributed by atoms with van der Waals surface area (Å²) in [5.41, 5.74) is 5.80. The highest BCUT2D eigenvalue weighted by atomic mass is 16.6. The molecule has 0 amide bonds. The van der Waals surface area contributed by atoms with Gasteiger partial charge in [-0.15, -0.1) is 0 Å². The van der Waals surface area contributed by atoms with Crippen molar-refractivity contribution >= 4 is 65.9 Å². The number of quaternary nitrogens is 9. The molecule has 4 rings (SSSR count). The van der Waals surface area contributed by atoms with E-state index < -0.39 is 0 Å². The van der Waals surface area contributed by atoms with Crippen LogP contribution in [0.3, 0.4) is 0 Å². The zero-order valence-electron chi connectivity index (χ0n) is 101. The van der Waals surface area contributed by atoms with Crippen LogP contribution in [0.15, 0.2) is 148 Å². The molecule has 0 spiro atoms. The van der Waals surface area contributed by atoms with Crippen LogP contribution < -0.4 is 0 Å². The van der Waals surface area contributed by atoms with Crippen LogP contribution in [0.1, 0.15) is 277 Å². The highest BCUT2D eigenvalue weighted by Gasteiger charge is 2.33. The number of rotatable bonds is 69. The lowest BCUT2D eigenvalue weighted by Gasteiger charge is -2.37. The van der Waals surface area contributed by atoms with Gasteiger partial charge in [-0.05, 0) is 183 Å². The second-order valence-corrected chi connectivity index (χ2v) is 41.4. The Bertz CT molecular complexity index is 4080. The number of nitrogens with zero attached hydrogens (tertiary/aromatic N) is 9. The summed E-state index contributed by atoms with van der Waals surface area (Å²) in [6.07, 6.45) is 27.0. The van der Waals surface area contributed by atoms with E-state index in [4.69, 9.17) is 42.6 Å². The molecule has 0 saturated carbocycles. The summed E-state index contributed by atoms with van der Waals surface area (Å²) in [7, 11) is 12.3. The third-order valence-electron chi connectivity index (χ3n) is 28.4. The molecule has 0 aliphatic heterocycles. The highest BCUT2D eigenvalue weighted by Crippen LogP contribution is 2.33. The molecule has 0 aromatic heterocycles. The summed E-state index contributed by atoms with van der Waals surface area (Å²) >= 11 is 0. The van der Waals surface area contributed by atoms with Crippen molar-refractivity contribution < 1.29 is 126 Å². The molecule has 2 aliphatic rings. The third-order valence-corrected chi connectivity index (χ3v) is 28.4. The zero-order valence-corrected chi connectivity index (χ0v) is 101. The van der Waals surface area contributed by atoms with Crippen LogP contribution in [-0.2, 0) is 85.8 Å². The van der Waals surface area contributed by atoms with Crippen molar-refractivity contribution in [3.63, 3.8) is 0 Å². The molecule has 0 radical (unpaired) electrons. The molecular weight excluding hydrogens is 1880 g/mol. The molecule has 2 aromatic carbocycles. The van der Waals surface area contributed by atoms with E-state index in [1.807, 2.05) is 94.0 Å². The summed E-state index contributed by atoms with van der Waals surface area (Å²) in [6.45, 7) is 112. The Balaban J connectivity index is -0.000000528. The maximum atomic E-state index is 12.5. The van der Waals surface area contributed by atoms with Gasteiger partial charge in [0.1, 0.15) is 130 Å². The van der Waals surface area contributed by atoms with Gasteiger partial charge in [-0.1, -0.05) is 201 Å². The Morgan fingerprint density at radius 2 is 0.436 bits per heavy atom. The Labute approximate surface area is 910 Å². The molecule has 4 atom stereocenters. The molecule has 0 bridgehead atoms. The van der Waals surface area contributed by atoms with Crippen molar-refractivity contribution in [1.82, 2.24) is 0 Å². The lowest BCUT2D eigenvalue weighted by atomic mass is 10.0. The van der Waals surface area contributed by atoms with E-state index in [-0.39, 0.29) is 65.6 Å². The van der Waals surface area contributed by atoms with Gasteiger partial charge in [0.05, 0.1) is 180 Å². The summed E-state index contributed by atoms with van der Waals surface area (Å²) in [5, 5.41) is 0. The van der Waals surface area contributed by atoms with Crippen molar-refractivity contribution in [1.29, 1.82) is 0 Å². The van der Waals surface area contributed by atoms with Crippen molar-refractivity contribution in [3.8, 4) is 0 Å². The fourth-order valence-corrected chi connectivity index (χ4v) is 18.0. The van der Waals surface area contributed by atoms with E-state index in [1.54, 1.807) is 20.8 Å². The molecule has 2 aliphatic carbocycles. The average Bonchev–Trinajstić information content (AvgIpc) is 1.68. The number of benzene rings is 2. The SMILES string of the molecule is C=C(C)C(=O)OCC[N+](C)(C)C.C=C(C)C(=O)OCC[N+](CC)(CC)CC.C=C(C)C(=O)OCC[N+](CC)(CCC)CCC.C=CC(=O)OCC[N+](C)(C)C.C=CC(=O)OCC[N+](CC)(CC)CC.C=CC(=O)OCC[N+](CC)(CCC)CCC.C=CC(=O)OCC[N+](CC)(CCC)CCCC.CCCC[N+](CC)(CCC)CCOC(=O)C1C=Cc2ccccc21.CCC[N+](CC)(CCC)CCOC(=O)C1C=Cc2ccccc21. The summed E-state index contributed by atoms with van der Waals surface area (Å²) in [4.78, 5) is 102. The molecule has 0 fully saturated rings. The first-order chi connectivity index (χ1) is 70.5. The van der Waals surface area contributed by atoms with Crippen molar-refractivity contribution in [2.24, 2.45) is 0 Å². The van der Waals surface area contributed by atoms with E-state index >= 15 is 0 Å². The standard InChI is InChI=1S/C21H32NO2.C20H30NO2.2C14H28NO2.C13H26NO2.C12H24NO2.C11H22NO2.C9H18NO2.C8H16NO2/c1-4-7-15-22(6-3,14-5-2)16-17-24-21(23)20-13-12-18-10-8-9-11-19(18)20;1-4-13-21(6-3,14-5-2)15-16-23-20(22)19-12-11-17-9-7-8-10-18(17)19;1-6-9-15(8-3,10-7-2)11-12-17-14(16)13(4)5;1-5-9-11-15(8-4,10-6-2)12-13-17-14(16)7-3;1-5-9-14(8-4,10-6-2)11-12-16-13(15)7-3;1-6-13(7-2,8-3)9-10-15-12(14)11(4)5;1-5-11(13)14-10-9-12(6-2,7-3)8-4;1-8(2)9(11)12-7-6-10(3,4)5;1-5-8(10)11-7-6-9(2,3)4/h8-13,20H,4-7,14-17H2,1-3H3;7-12,19H,4-6,13-16H2,1-3H3;4,6-12H2,1-3,5H3;7H,3,5-6,8-13H2,1-2,4H3;7H,3,5-6,8-12H2,1-2,4H3;4,6-10H2,1-3,5H3;5H,1,6-10H2,2-4H3;1,6-7H2,2-5H3;5H,1,6-7H2,2-4H3/q9*+1. The number of unbranched alkanes of at least 4 members (excludes halogenated alkanes) is 2. The number of carbonyl (C=O) groups is 9. The Kier molecular flexibility index (Phi) is 86.1. The maximum absolute atomic E-state index is 12.5. The zero-order chi connectivity index (χ0) is 115. The minimum atomic E-state index is -0.349. The van der Waals surface area contributed by atoms with E-state index in [0.717, 1.165) is 233 Å². The van der Waals surface area contributed by atoms with Crippen LogP contribution in [-0.4, -0.2) is 392 Å². The van der Waals surface area contributed by atoms with Crippen molar-refractivity contribution in [2.45, 2.75) is 255 Å². The molecule has 149 heavy (non-hydrogen) atoms. The minimum Gasteiger partial charge on any atom is -0.459 e.